The van der Waals surface area contributed by atoms with Crippen molar-refractivity contribution in [2.24, 2.45) is 11.8 Å². The quantitative estimate of drug-likeness (QED) is 0.393. The summed E-state index contributed by atoms with van der Waals surface area (Å²) < 4.78 is 0. The second-order valence-electron chi connectivity index (χ2n) is 5.47. The van der Waals surface area contributed by atoms with Gasteiger partial charge in [0, 0.05) is 38.8 Å². The van der Waals surface area contributed by atoms with Gasteiger partial charge < -0.3 is 4.90 Å². The van der Waals surface area contributed by atoms with E-state index in [-0.39, 0.29) is 0 Å². The van der Waals surface area contributed by atoms with Crippen molar-refractivity contribution in [1.29, 1.82) is 0 Å². The molecule has 0 saturated carbocycles. The first-order valence-electron chi connectivity index (χ1n) is 6.82. The minimum Gasteiger partial charge on any atom is -0.381 e. The summed E-state index contributed by atoms with van der Waals surface area (Å²) in [6.45, 7) is 10.6. The Balaban J connectivity index is 2.37. The van der Waals surface area contributed by atoms with Crippen LogP contribution in [0.4, 0.5) is 0 Å². The summed E-state index contributed by atoms with van der Waals surface area (Å²) in [5.74, 6) is 1.56. The lowest BCUT2D eigenvalue weighted by atomic mass is 9.88. The van der Waals surface area contributed by atoms with Crippen molar-refractivity contribution in [1.82, 2.24) is 9.80 Å². The van der Waals surface area contributed by atoms with Crippen molar-refractivity contribution >= 4 is 6.29 Å². The summed E-state index contributed by atoms with van der Waals surface area (Å²) >= 11 is 0. The molecule has 0 aromatic heterocycles. The zero-order valence-corrected chi connectivity index (χ0v) is 12.1. The van der Waals surface area contributed by atoms with Crippen LogP contribution in [0.2, 0.25) is 0 Å². The fourth-order valence-corrected chi connectivity index (χ4v) is 1.97. The van der Waals surface area contributed by atoms with Gasteiger partial charge in [-0.15, -0.1) is 0 Å². The number of nitrogens with zero attached hydrogens (tertiary/aromatic N) is 2. The minimum absolute atomic E-state index is 0.753. The summed E-state index contributed by atoms with van der Waals surface area (Å²) in [6, 6.07) is 0. The Kier molecular flexibility index (Phi) is 6.13. The first kappa shape index (κ1) is 15.0. The maximum atomic E-state index is 11.0. The average molecular weight is 250 g/mol. The van der Waals surface area contributed by atoms with Crippen LogP contribution < -0.4 is 0 Å². The van der Waals surface area contributed by atoms with E-state index >= 15 is 0 Å². The molecule has 0 aromatic carbocycles. The third kappa shape index (κ3) is 4.65. The molecular formula is C15H26N2O. The SMILES string of the molecule is CCN(C)/C=C\C=C(/C=O)CN1CC(C(C)C)C1. The number of carbonyl (C=O) groups excluding carboxylic acids is 1. The fraction of sp³-hybridized carbons (Fsp3) is 0.667. The molecule has 0 bridgehead atoms. The number of rotatable bonds is 7. The standard InChI is InChI=1S/C15H26N2O/c1-5-16(4)8-6-7-14(12-18)9-17-10-15(11-17)13(2)3/h6-8,12-13,15H,5,9-11H2,1-4H3/b8-6-,14-7-. The van der Waals surface area contributed by atoms with Gasteiger partial charge in [0.1, 0.15) is 6.29 Å². The maximum Gasteiger partial charge on any atom is 0.147 e. The maximum absolute atomic E-state index is 11.0. The van der Waals surface area contributed by atoms with E-state index < -0.39 is 0 Å². The van der Waals surface area contributed by atoms with E-state index in [2.05, 4.69) is 30.6 Å². The van der Waals surface area contributed by atoms with Crippen molar-refractivity contribution in [2.75, 3.05) is 33.2 Å². The Hall–Kier alpha value is -1.09. The molecule has 0 N–H and O–H groups in total. The highest BCUT2D eigenvalue weighted by Gasteiger charge is 2.28. The zero-order valence-electron chi connectivity index (χ0n) is 12.1. The van der Waals surface area contributed by atoms with Gasteiger partial charge >= 0.3 is 0 Å². The Labute approximate surface area is 111 Å². The van der Waals surface area contributed by atoms with E-state index in [4.69, 9.17) is 0 Å². The number of hydrogen-bond acceptors (Lipinski definition) is 3. The van der Waals surface area contributed by atoms with Crippen LogP contribution in [0.5, 0.6) is 0 Å². The van der Waals surface area contributed by atoms with Gasteiger partial charge in [0.05, 0.1) is 0 Å². The normalized spacial score (nSPS) is 18.4. The van der Waals surface area contributed by atoms with Crippen LogP contribution in [0, 0.1) is 11.8 Å². The lowest BCUT2D eigenvalue weighted by molar-refractivity contribution is -0.105. The van der Waals surface area contributed by atoms with Crippen molar-refractivity contribution in [3.63, 3.8) is 0 Å². The van der Waals surface area contributed by atoms with E-state index in [0.717, 1.165) is 49.9 Å². The monoisotopic (exact) mass is 250 g/mol. The number of likely N-dealkylation sites (tertiary alicyclic amines) is 1. The highest BCUT2D eigenvalue weighted by Crippen LogP contribution is 2.23. The van der Waals surface area contributed by atoms with Crippen molar-refractivity contribution < 1.29 is 4.79 Å². The Bertz CT molecular complexity index is 314. The van der Waals surface area contributed by atoms with Crippen LogP contribution in [0.15, 0.2) is 23.9 Å². The summed E-state index contributed by atoms with van der Waals surface area (Å²) in [5, 5.41) is 0. The highest BCUT2D eigenvalue weighted by atomic mass is 16.1. The average Bonchev–Trinajstić information content (AvgIpc) is 2.29. The van der Waals surface area contributed by atoms with E-state index in [0.29, 0.717) is 0 Å². The highest BCUT2D eigenvalue weighted by molar-refractivity contribution is 5.74. The van der Waals surface area contributed by atoms with Gasteiger partial charge in [0.25, 0.3) is 0 Å². The predicted octanol–water partition coefficient (Wildman–Crippen LogP) is 2.16. The first-order chi connectivity index (χ1) is 8.56. The van der Waals surface area contributed by atoms with Crippen molar-refractivity contribution in [3.05, 3.63) is 23.9 Å². The Morgan fingerprint density at radius 2 is 2.11 bits per heavy atom. The third-order valence-corrected chi connectivity index (χ3v) is 3.64. The molecule has 3 nitrogen and oxygen atoms in total. The van der Waals surface area contributed by atoms with E-state index in [1.807, 2.05) is 25.4 Å². The predicted molar refractivity (Wildman–Crippen MR) is 76.4 cm³/mol. The van der Waals surface area contributed by atoms with E-state index in [1.54, 1.807) is 0 Å². The Morgan fingerprint density at radius 3 is 2.61 bits per heavy atom. The summed E-state index contributed by atoms with van der Waals surface area (Å²) in [6.07, 6.45) is 6.84. The molecule has 1 rings (SSSR count). The van der Waals surface area contributed by atoms with Crippen LogP contribution in [0.1, 0.15) is 20.8 Å². The number of allylic oxidation sites excluding steroid dienone is 2. The van der Waals surface area contributed by atoms with Crippen LogP contribution in [0.25, 0.3) is 0 Å². The van der Waals surface area contributed by atoms with Gasteiger partial charge in [-0.2, -0.15) is 0 Å². The largest absolute Gasteiger partial charge is 0.381 e. The van der Waals surface area contributed by atoms with Gasteiger partial charge in [-0.1, -0.05) is 19.9 Å². The van der Waals surface area contributed by atoms with E-state index in [9.17, 15) is 4.79 Å². The van der Waals surface area contributed by atoms with Gasteiger partial charge in [0.15, 0.2) is 0 Å². The molecule has 0 aromatic rings. The molecule has 0 spiro atoms. The topological polar surface area (TPSA) is 23.6 Å². The third-order valence-electron chi connectivity index (χ3n) is 3.64. The van der Waals surface area contributed by atoms with Gasteiger partial charge in [-0.3, -0.25) is 9.69 Å². The molecule has 1 aliphatic rings. The second-order valence-corrected chi connectivity index (χ2v) is 5.47. The van der Waals surface area contributed by atoms with Crippen LogP contribution in [-0.4, -0.2) is 49.3 Å². The number of aldehydes is 1. The fourth-order valence-electron chi connectivity index (χ4n) is 1.97. The number of hydrogen-bond donors (Lipinski definition) is 0. The molecule has 1 saturated heterocycles. The van der Waals surface area contributed by atoms with E-state index in [1.165, 1.54) is 0 Å². The van der Waals surface area contributed by atoms with Crippen LogP contribution in [-0.2, 0) is 4.79 Å². The molecule has 1 fully saturated rings. The number of carbonyl (C=O) groups is 1. The zero-order chi connectivity index (χ0) is 13.5. The van der Waals surface area contributed by atoms with Gasteiger partial charge in [0.2, 0.25) is 0 Å². The molecule has 0 radical (unpaired) electrons. The molecular weight excluding hydrogens is 224 g/mol. The molecule has 0 unspecified atom stereocenters. The molecule has 18 heavy (non-hydrogen) atoms. The molecule has 102 valence electrons. The van der Waals surface area contributed by atoms with Gasteiger partial charge in [-0.25, -0.2) is 0 Å². The lowest BCUT2D eigenvalue weighted by Gasteiger charge is -2.41. The van der Waals surface area contributed by atoms with Crippen molar-refractivity contribution in [2.45, 2.75) is 20.8 Å². The molecule has 0 atom stereocenters. The Morgan fingerprint density at radius 1 is 1.44 bits per heavy atom. The first-order valence-corrected chi connectivity index (χ1v) is 6.82. The molecule has 1 heterocycles. The lowest BCUT2D eigenvalue weighted by Crippen LogP contribution is -2.49. The molecule has 1 aliphatic heterocycles. The second kappa shape index (κ2) is 7.37. The molecule has 0 aliphatic carbocycles. The van der Waals surface area contributed by atoms with Gasteiger partial charge in [-0.05, 0) is 31.0 Å². The summed E-state index contributed by atoms with van der Waals surface area (Å²) in [5.41, 5.74) is 0.859. The molecule has 3 heteroatoms. The van der Waals surface area contributed by atoms with Crippen molar-refractivity contribution in [3.8, 4) is 0 Å². The van der Waals surface area contributed by atoms with Crippen LogP contribution in [0.3, 0.4) is 0 Å². The summed E-state index contributed by atoms with van der Waals surface area (Å²) in [7, 11) is 2.02. The molecule has 0 amide bonds. The smallest absolute Gasteiger partial charge is 0.147 e. The summed E-state index contributed by atoms with van der Waals surface area (Å²) in [4.78, 5) is 15.4. The van der Waals surface area contributed by atoms with Crippen LogP contribution >= 0.6 is 0 Å². The minimum atomic E-state index is 0.753.